The molecule has 0 saturated carbocycles. The Morgan fingerprint density at radius 3 is 2.11 bits per heavy atom. The first-order chi connectivity index (χ1) is 8.57. The molecule has 0 aromatic heterocycles. The molecule has 0 aliphatic carbocycles. The normalized spacial score (nSPS) is 14.3. The average molecular weight is 339 g/mol. The molecule has 0 amide bonds. The van der Waals surface area contributed by atoms with Gasteiger partial charge in [-0.15, -0.1) is 13.2 Å². The molecule has 108 valence electrons. The van der Waals surface area contributed by atoms with Crippen LogP contribution in [0.15, 0.2) is 24.3 Å². The molecule has 1 aromatic carbocycles. The van der Waals surface area contributed by atoms with Crippen molar-refractivity contribution in [1.29, 1.82) is 0 Å². The summed E-state index contributed by atoms with van der Waals surface area (Å²) in [7, 11) is 0. The molecule has 19 heavy (non-hydrogen) atoms. The highest BCUT2D eigenvalue weighted by Gasteiger charge is 2.31. The zero-order chi connectivity index (χ0) is 14.7. The van der Waals surface area contributed by atoms with Gasteiger partial charge in [0.1, 0.15) is 5.75 Å². The number of benzene rings is 1. The zero-order valence-corrected chi connectivity index (χ0v) is 12.8. The highest BCUT2D eigenvalue weighted by Crippen LogP contribution is 2.31. The van der Waals surface area contributed by atoms with Crippen molar-refractivity contribution in [1.82, 2.24) is 0 Å². The molecule has 0 heterocycles. The SMILES string of the molecule is CC(Br)CC(C)(C)Cc1ccc(OC(F)(F)F)cc1. The summed E-state index contributed by atoms with van der Waals surface area (Å²) in [5.41, 5.74) is 1.10. The summed E-state index contributed by atoms with van der Waals surface area (Å²) in [5, 5.41) is 0. The Bertz CT molecular complexity index is 396. The minimum atomic E-state index is -4.63. The highest BCUT2D eigenvalue weighted by molar-refractivity contribution is 9.09. The number of rotatable bonds is 5. The van der Waals surface area contributed by atoms with E-state index in [4.69, 9.17) is 0 Å². The van der Waals surface area contributed by atoms with E-state index < -0.39 is 6.36 Å². The van der Waals surface area contributed by atoms with Crippen LogP contribution in [0.4, 0.5) is 13.2 Å². The van der Waals surface area contributed by atoms with Gasteiger partial charge in [0, 0.05) is 4.83 Å². The van der Waals surface area contributed by atoms with Gasteiger partial charge in [0.05, 0.1) is 0 Å². The van der Waals surface area contributed by atoms with Crippen molar-refractivity contribution in [3.8, 4) is 5.75 Å². The van der Waals surface area contributed by atoms with E-state index in [-0.39, 0.29) is 11.2 Å². The highest BCUT2D eigenvalue weighted by atomic mass is 79.9. The minimum absolute atomic E-state index is 0.0926. The smallest absolute Gasteiger partial charge is 0.406 e. The van der Waals surface area contributed by atoms with E-state index in [2.05, 4.69) is 41.4 Å². The third-order valence-corrected chi connectivity index (χ3v) is 3.00. The van der Waals surface area contributed by atoms with Crippen molar-refractivity contribution < 1.29 is 17.9 Å². The van der Waals surface area contributed by atoms with Crippen LogP contribution in [0.25, 0.3) is 0 Å². The van der Waals surface area contributed by atoms with Crippen LogP contribution in [-0.2, 0) is 6.42 Å². The van der Waals surface area contributed by atoms with Gasteiger partial charge in [-0.05, 0) is 36.0 Å². The molecular weight excluding hydrogens is 321 g/mol. The number of hydrogen-bond acceptors (Lipinski definition) is 1. The lowest BCUT2D eigenvalue weighted by Crippen LogP contribution is -2.19. The van der Waals surface area contributed by atoms with Crippen LogP contribution in [-0.4, -0.2) is 11.2 Å². The second kappa shape index (κ2) is 6.16. The maximum Gasteiger partial charge on any atom is 0.573 e. The van der Waals surface area contributed by atoms with Crippen molar-refractivity contribution in [3.05, 3.63) is 29.8 Å². The second-order valence-electron chi connectivity index (χ2n) is 5.52. The predicted molar refractivity (Wildman–Crippen MR) is 73.6 cm³/mol. The third kappa shape index (κ3) is 6.85. The van der Waals surface area contributed by atoms with Gasteiger partial charge in [0.2, 0.25) is 0 Å². The van der Waals surface area contributed by atoms with Crippen molar-refractivity contribution in [2.75, 3.05) is 0 Å². The molecule has 0 saturated heterocycles. The van der Waals surface area contributed by atoms with Crippen LogP contribution in [0, 0.1) is 5.41 Å². The lowest BCUT2D eigenvalue weighted by Gasteiger charge is -2.26. The fourth-order valence-corrected chi connectivity index (χ4v) is 3.07. The molecule has 0 fully saturated rings. The largest absolute Gasteiger partial charge is 0.573 e. The van der Waals surface area contributed by atoms with Gasteiger partial charge in [-0.2, -0.15) is 0 Å². The Morgan fingerprint density at radius 1 is 1.16 bits per heavy atom. The summed E-state index contributed by atoms with van der Waals surface area (Å²) in [5.74, 6) is -0.178. The number of alkyl halides is 4. The molecule has 5 heteroatoms. The first-order valence-corrected chi connectivity index (χ1v) is 6.98. The lowest BCUT2D eigenvalue weighted by molar-refractivity contribution is -0.274. The fraction of sp³-hybridized carbons (Fsp3) is 0.571. The molecule has 0 aliphatic heterocycles. The van der Waals surface area contributed by atoms with Gasteiger partial charge >= 0.3 is 6.36 Å². The summed E-state index contributed by atoms with van der Waals surface area (Å²) < 4.78 is 39.9. The average Bonchev–Trinajstić information content (AvgIpc) is 2.16. The molecule has 1 rings (SSSR count). The Kier molecular flexibility index (Phi) is 5.30. The molecule has 0 N–H and O–H groups in total. The Morgan fingerprint density at radius 2 is 1.68 bits per heavy atom. The summed E-state index contributed by atoms with van der Waals surface area (Å²) in [6, 6.07) is 6.08. The van der Waals surface area contributed by atoms with E-state index in [1.165, 1.54) is 12.1 Å². The van der Waals surface area contributed by atoms with Crippen molar-refractivity contribution in [3.63, 3.8) is 0 Å². The number of hydrogen-bond donors (Lipinski definition) is 0. The first kappa shape index (κ1) is 16.3. The van der Waals surface area contributed by atoms with E-state index >= 15 is 0 Å². The molecule has 0 spiro atoms. The van der Waals surface area contributed by atoms with Gasteiger partial charge in [0.25, 0.3) is 0 Å². The van der Waals surface area contributed by atoms with E-state index in [1.807, 2.05) is 0 Å². The van der Waals surface area contributed by atoms with Crippen LogP contribution in [0.5, 0.6) is 5.75 Å². The van der Waals surface area contributed by atoms with E-state index in [1.54, 1.807) is 12.1 Å². The van der Waals surface area contributed by atoms with Gasteiger partial charge in [-0.25, -0.2) is 0 Å². The van der Waals surface area contributed by atoms with Crippen LogP contribution in [0.2, 0.25) is 0 Å². The zero-order valence-electron chi connectivity index (χ0n) is 11.2. The van der Waals surface area contributed by atoms with E-state index in [9.17, 15) is 13.2 Å². The molecular formula is C14H18BrF3O. The van der Waals surface area contributed by atoms with Gasteiger partial charge in [-0.3, -0.25) is 0 Å². The molecule has 1 aromatic rings. The monoisotopic (exact) mass is 338 g/mol. The van der Waals surface area contributed by atoms with E-state index in [0.717, 1.165) is 18.4 Å². The minimum Gasteiger partial charge on any atom is -0.406 e. The summed E-state index contributed by atoms with van der Waals surface area (Å²) >= 11 is 3.52. The first-order valence-electron chi connectivity index (χ1n) is 6.06. The Hall–Kier alpha value is -0.710. The second-order valence-corrected chi connectivity index (χ2v) is 7.08. The van der Waals surface area contributed by atoms with Gasteiger partial charge < -0.3 is 4.74 Å². The molecule has 0 aliphatic rings. The molecule has 0 bridgehead atoms. The van der Waals surface area contributed by atoms with Crippen molar-refractivity contribution in [2.24, 2.45) is 5.41 Å². The van der Waals surface area contributed by atoms with E-state index in [0.29, 0.717) is 4.83 Å². The third-order valence-electron chi connectivity index (χ3n) is 2.67. The van der Waals surface area contributed by atoms with Gasteiger partial charge in [-0.1, -0.05) is 48.8 Å². The topological polar surface area (TPSA) is 9.23 Å². The lowest BCUT2D eigenvalue weighted by atomic mass is 9.82. The number of ether oxygens (including phenoxy) is 1. The Balaban J connectivity index is 2.67. The Labute approximate surface area is 120 Å². The fourth-order valence-electron chi connectivity index (χ4n) is 2.20. The number of halogens is 4. The summed E-state index contributed by atoms with van der Waals surface area (Å²) in [4.78, 5) is 0.412. The van der Waals surface area contributed by atoms with Crippen LogP contribution < -0.4 is 4.74 Å². The summed E-state index contributed by atoms with van der Waals surface area (Å²) in [6.45, 7) is 6.37. The van der Waals surface area contributed by atoms with Crippen LogP contribution >= 0.6 is 15.9 Å². The predicted octanol–water partition coefficient (Wildman–Crippen LogP) is 5.33. The summed E-state index contributed by atoms with van der Waals surface area (Å²) in [6.07, 6.45) is -2.82. The van der Waals surface area contributed by atoms with Crippen molar-refractivity contribution in [2.45, 2.75) is 44.8 Å². The van der Waals surface area contributed by atoms with Crippen molar-refractivity contribution >= 4 is 15.9 Å². The molecule has 1 unspecified atom stereocenters. The molecule has 0 radical (unpaired) electrons. The molecule has 1 atom stereocenters. The van der Waals surface area contributed by atoms with Crippen LogP contribution in [0.3, 0.4) is 0 Å². The van der Waals surface area contributed by atoms with Crippen LogP contribution in [0.1, 0.15) is 32.8 Å². The van der Waals surface area contributed by atoms with Gasteiger partial charge in [0.15, 0.2) is 0 Å². The maximum atomic E-state index is 12.0. The standard InChI is InChI=1S/C14H18BrF3O/c1-10(15)8-13(2,3)9-11-4-6-12(7-5-11)19-14(16,17)18/h4-7,10H,8-9H2,1-3H3. The maximum absolute atomic E-state index is 12.0. The molecule has 1 nitrogen and oxygen atoms in total. The quantitative estimate of drug-likeness (QED) is 0.659.